The van der Waals surface area contributed by atoms with Crippen molar-refractivity contribution in [2.75, 3.05) is 19.7 Å². The molecule has 1 aliphatic rings. The first-order chi connectivity index (χ1) is 7.74. The first kappa shape index (κ1) is 11.5. The maximum absolute atomic E-state index is 12.7. The molecular weight excluding hydrogens is 207 g/mol. The number of hydrogen-bond acceptors (Lipinski definition) is 3. The van der Waals surface area contributed by atoms with Gasteiger partial charge in [-0.1, -0.05) is 0 Å². The zero-order chi connectivity index (χ0) is 11.4. The van der Waals surface area contributed by atoms with Gasteiger partial charge in [-0.05, 0) is 25.5 Å². The second-order valence-corrected chi connectivity index (χ2v) is 4.24. The van der Waals surface area contributed by atoms with Crippen LogP contribution < -0.4 is 0 Å². The van der Waals surface area contributed by atoms with Gasteiger partial charge in [-0.25, -0.2) is 4.39 Å². The number of hydrogen-bond donors (Lipinski definition) is 0. The molecule has 16 heavy (non-hydrogen) atoms. The van der Waals surface area contributed by atoms with E-state index in [9.17, 15) is 4.39 Å². The lowest BCUT2D eigenvalue weighted by molar-refractivity contribution is 0.0666. The molecule has 0 amide bonds. The van der Waals surface area contributed by atoms with Crippen LogP contribution in [-0.2, 0) is 11.3 Å². The van der Waals surface area contributed by atoms with Crippen molar-refractivity contribution >= 4 is 0 Å². The van der Waals surface area contributed by atoms with Gasteiger partial charge in [0.25, 0.3) is 0 Å². The first-order valence-electron chi connectivity index (χ1n) is 5.68. The predicted molar refractivity (Wildman–Crippen MR) is 59.5 cm³/mol. The lowest BCUT2D eigenvalue weighted by atomic mass is 10.3. The summed E-state index contributed by atoms with van der Waals surface area (Å²) in [7, 11) is 0. The van der Waals surface area contributed by atoms with E-state index in [0.717, 1.165) is 38.4 Å². The van der Waals surface area contributed by atoms with E-state index in [1.807, 2.05) is 0 Å². The molecule has 88 valence electrons. The van der Waals surface area contributed by atoms with E-state index in [1.165, 1.54) is 12.3 Å². The fourth-order valence-corrected chi connectivity index (χ4v) is 1.95. The summed E-state index contributed by atoms with van der Waals surface area (Å²) < 4.78 is 18.3. The molecule has 0 unspecified atom stereocenters. The van der Waals surface area contributed by atoms with Gasteiger partial charge in [-0.15, -0.1) is 0 Å². The average molecular weight is 224 g/mol. The van der Waals surface area contributed by atoms with Crippen molar-refractivity contribution in [3.8, 4) is 0 Å². The van der Waals surface area contributed by atoms with Gasteiger partial charge in [0, 0.05) is 26.2 Å². The average Bonchev–Trinajstić information content (AvgIpc) is 2.46. The van der Waals surface area contributed by atoms with Crippen LogP contribution in [0.3, 0.4) is 0 Å². The minimum Gasteiger partial charge on any atom is -0.377 e. The minimum atomic E-state index is -0.281. The Morgan fingerprint density at radius 1 is 1.56 bits per heavy atom. The van der Waals surface area contributed by atoms with Crippen molar-refractivity contribution in [2.24, 2.45) is 0 Å². The van der Waals surface area contributed by atoms with Gasteiger partial charge in [-0.2, -0.15) is 0 Å². The summed E-state index contributed by atoms with van der Waals surface area (Å²) in [6.07, 6.45) is 2.58. The van der Waals surface area contributed by atoms with Gasteiger partial charge in [0.2, 0.25) is 0 Å². The van der Waals surface area contributed by atoms with Crippen molar-refractivity contribution in [3.05, 3.63) is 29.8 Å². The number of rotatable bonds is 2. The molecule has 0 aliphatic carbocycles. The third kappa shape index (κ3) is 3.25. The molecule has 0 aromatic carbocycles. The topological polar surface area (TPSA) is 25.4 Å². The van der Waals surface area contributed by atoms with Gasteiger partial charge < -0.3 is 4.74 Å². The summed E-state index contributed by atoms with van der Waals surface area (Å²) in [5, 5.41) is 0. The van der Waals surface area contributed by atoms with Crippen LogP contribution in [0.15, 0.2) is 18.3 Å². The maximum Gasteiger partial charge on any atom is 0.141 e. The molecule has 1 fully saturated rings. The van der Waals surface area contributed by atoms with Crippen LogP contribution in [-0.4, -0.2) is 35.7 Å². The van der Waals surface area contributed by atoms with E-state index in [0.29, 0.717) is 0 Å². The van der Waals surface area contributed by atoms with Crippen LogP contribution in [0.25, 0.3) is 0 Å². The summed E-state index contributed by atoms with van der Waals surface area (Å²) in [6, 6.07) is 3.20. The lowest BCUT2D eigenvalue weighted by Gasteiger charge is -2.21. The van der Waals surface area contributed by atoms with Gasteiger partial charge in [0.05, 0.1) is 18.0 Å². The van der Waals surface area contributed by atoms with E-state index in [-0.39, 0.29) is 11.9 Å². The van der Waals surface area contributed by atoms with E-state index >= 15 is 0 Å². The smallest absolute Gasteiger partial charge is 0.141 e. The highest BCUT2D eigenvalue weighted by molar-refractivity contribution is 5.05. The van der Waals surface area contributed by atoms with Crippen molar-refractivity contribution < 1.29 is 9.13 Å². The number of halogens is 1. The van der Waals surface area contributed by atoms with E-state index < -0.39 is 0 Å². The van der Waals surface area contributed by atoms with Crippen LogP contribution in [0.5, 0.6) is 0 Å². The molecule has 1 aromatic rings. The Kier molecular flexibility index (Phi) is 3.85. The number of nitrogens with zero attached hydrogens (tertiary/aromatic N) is 2. The molecule has 4 heteroatoms. The van der Waals surface area contributed by atoms with Crippen LogP contribution in [0, 0.1) is 5.82 Å². The highest BCUT2D eigenvalue weighted by Crippen LogP contribution is 2.09. The van der Waals surface area contributed by atoms with Crippen molar-refractivity contribution in [2.45, 2.75) is 26.0 Å². The molecule has 2 heterocycles. The van der Waals surface area contributed by atoms with Crippen LogP contribution in [0.2, 0.25) is 0 Å². The Morgan fingerprint density at radius 2 is 2.44 bits per heavy atom. The molecule has 2 rings (SSSR count). The second-order valence-electron chi connectivity index (χ2n) is 4.24. The third-order valence-electron chi connectivity index (χ3n) is 2.71. The highest BCUT2D eigenvalue weighted by atomic mass is 19.1. The summed E-state index contributed by atoms with van der Waals surface area (Å²) in [5.74, 6) is -0.281. The Bertz CT molecular complexity index is 328. The van der Waals surface area contributed by atoms with Crippen molar-refractivity contribution in [1.82, 2.24) is 9.88 Å². The number of ether oxygens (including phenoxy) is 1. The van der Waals surface area contributed by atoms with Crippen LogP contribution in [0.1, 0.15) is 19.0 Å². The third-order valence-corrected chi connectivity index (χ3v) is 2.71. The number of aromatic nitrogens is 1. The lowest BCUT2D eigenvalue weighted by Crippen LogP contribution is -2.30. The summed E-state index contributed by atoms with van der Waals surface area (Å²) in [6.45, 7) is 5.61. The molecule has 3 nitrogen and oxygen atoms in total. The molecule has 0 spiro atoms. The molecular formula is C12H17FN2O. The van der Waals surface area contributed by atoms with Gasteiger partial charge >= 0.3 is 0 Å². The molecule has 0 saturated carbocycles. The fourth-order valence-electron chi connectivity index (χ4n) is 1.95. The Balaban J connectivity index is 1.95. The SMILES string of the molecule is C[C@@H]1CN(Cc2ccc(F)cn2)CCCO1. The molecule has 0 N–H and O–H groups in total. The standard InChI is InChI=1S/C12H17FN2O/c1-10-8-15(5-2-6-16-10)9-12-4-3-11(13)7-14-12/h3-4,7,10H,2,5-6,8-9H2,1H3/t10-/m1/s1. The van der Waals surface area contributed by atoms with Crippen LogP contribution in [0.4, 0.5) is 4.39 Å². The van der Waals surface area contributed by atoms with E-state index in [2.05, 4.69) is 16.8 Å². The monoisotopic (exact) mass is 224 g/mol. The maximum atomic E-state index is 12.7. The van der Waals surface area contributed by atoms with Gasteiger partial charge in [-0.3, -0.25) is 9.88 Å². The van der Waals surface area contributed by atoms with E-state index in [4.69, 9.17) is 4.74 Å². The highest BCUT2D eigenvalue weighted by Gasteiger charge is 2.15. The zero-order valence-corrected chi connectivity index (χ0v) is 9.53. The summed E-state index contributed by atoms with van der Waals surface area (Å²) in [5.41, 5.74) is 0.913. The Morgan fingerprint density at radius 3 is 3.19 bits per heavy atom. The normalized spacial score (nSPS) is 23.0. The second kappa shape index (κ2) is 5.37. The molecule has 0 radical (unpaired) electrons. The summed E-state index contributed by atoms with van der Waals surface area (Å²) >= 11 is 0. The molecule has 1 saturated heterocycles. The Hall–Kier alpha value is -1.00. The first-order valence-corrected chi connectivity index (χ1v) is 5.68. The van der Waals surface area contributed by atoms with Gasteiger partial charge in [0.1, 0.15) is 5.82 Å². The molecule has 1 aliphatic heterocycles. The van der Waals surface area contributed by atoms with Gasteiger partial charge in [0.15, 0.2) is 0 Å². The quantitative estimate of drug-likeness (QED) is 0.766. The fraction of sp³-hybridized carbons (Fsp3) is 0.583. The Labute approximate surface area is 95.2 Å². The van der Waals surface area contributed by atoms with Crippen molar-refractivity contribution in [3.63, 3.8) is 0 Å². The predicted octanol–water partition coefficient (Wildman–Crippen LogP) is 1.83. The summed E-state index contributed by atoms with van der Waals surface area (Å²) in [4.78, 5) is 6.37. The number of pyridine rings is 1. The van der Waals surface area contributed by atoms with Crippen LogP contribution >= 0.6 is 0 Å². The van der Waals surface area contributed by atoms with Crippen molar-refractivity contribution in [1.29, 1.82) is 0 Å². The molecule has 1 aromatic heterocycles. The zero-order valence-electron chi connectivity index (χ0n) is 9.53. The van der Waals surface area contributed by atoms with E-state index in [1.54, 1.807) is 6.07 Å². The minimum absolute atomic E-state index is 0.267. The largest absolute Gasteiger partial charge is 0.377 e. The molecule has 0 bridgehead atoms. The molecule has 1 atom stereocenters.